The van der Waals surface area contributed by atoms with Gasteiger partial charge >= 0.3 is 0 Å². The summed E-state index contributed by atoms with van der Waals surface area (Å²) in [7, 11) is 2.96. The van der Waals surface area contributed by atoms with Crippen LogP contribution < -0.4 is 10.1 Å². The highest BCUT2D eigenvalue weighted by atomic mass is 35.5. The Labute approximate surface area is 310 Å². The van der Waals surface area contributed by atoms with Gasteiger partial charge in [0.05, 0.1) is 33.8 Å². The number of H-pyrrole nitrogens is 2. The molecule has 274 valence electrons. The fraction of sp³-hybridized carbons (Fsp3) is 0.375. The molecule has 8 rings (SSSR count). The van der Waals surface area contributed by atoms with Crippen molar-refractivity contribution >= 4 is 45.5 Å². The second-order valence-electron chi connectivity index (χ2n) is 12.6. The van der Waals surface area contributed by atoms with Gasteiger partial charge in [-0.05, 0) is 99.8 Å². The molecule has 5 heterocycles. The second kappa shape index (κ2) is 18.6. The number of pyridine rings is 2. The number of aliphatic hydroxyl groups is 1. The maximum absolute atomic E-state index is 11.0. The van der Waals surface area contributed by atoms with Gasteiger partial charge in [0, 0.05) is 66.3 Å². The van der Waals surface area contributed by atoms with E-state index in [0.29, 0.717) is 29.0 Å². The molecule has 11 nitrogen and oxygen atoms in total. The molecule has 0 atom stereocenters. The second-order valence-corrected chi connectivity index (χ2v) is 13.1. The number of aromatic nitrogens is 6. The Morgan fingerprint density at radius 3 is 2.48 bits per heavy atom. The number of rotatable bonds is 9. The lowest BCUT2D eigenvalue weighted by molar-refractivity contribution is 0.112. The zero-order valence-corrected chi connectivity index (χ0v) is 31.4. The van der Waals surface area contributed by atoms with Gasteiger partial charge in [-0.15, -0.1) is 0 Å². The molecule has 2 fully saturated rings. The van der Waals surface area contributed by atoms with Crippen LogP contribution in [0.5, 0.6) is 5.88 Å². The number of aromatic amines is 2. The van der Waals surface area contributed by atoms with Gasteiger partial charge in [-0.3, -0.25) is 19.8 Å². The maximum atomic E-state index is 11.0. The molecule has 2 aromatic carbocycles. The number of nitrogens with one attached hydrogen (secondary N) is 3. The molecule has 2 aliphatic rings. The number of hydrogen-bond donors (Lipinski definition) is 4. The summed E-state index contributed by atoms with van der Waals surface area (Å²) in [4.78, 5) is 30.4. The van der Waals surface area contributed by atoms with Crippen molar-refractivity contribution in [1.29, 1.82) is 0 Å². The topological polar surface area (TPSA) is 145 Å². The van der Waals surface area contributed by atoms with Gasteiger partial charge in [-0.1, -0.05) is 31.5 Å². The molecule has 4 aromatic heterocycles. The molecule has 0 unspecified atom stereocenters. The summed E-state index contributed by atoms with van der Waals surface area (Å²) in [5.41, 5.74) is 9.18. The van der Waals surface area contributed by atoms with Crippen LogP contribution in [0.2, 0.25) is 5.02 Å². The number of nitrogens with zero attached hydrogens (tertiary/aromatic N) is 5. The molecule has 1 saturated carbocycles. The third-order valence-electron chi connectivity index (χ3n) is 9.13. The van der Waals surface area contributed by atoms with Crippen LogP contribution in [0.4, 0.5) is 5.69 Å². The number of piperidine rings is 1. The Balaban J connectivity index is 0.000000228. The number of aldehydes is 1. The minimum atomic E-state index is 0.359. The summed E-state index contributed by atoms with van der Waals surface area (Å²) in [6.07, 6.45) is 7.15. The van der Waals surface area contributed by atoms with Crippen molar-refractivity contribution in [2.24, 2.45) is 0 Å². The van der Waals surface area contributed by atoms with Gasteiger partial charge < -0.3 is 20.1 Å². The van der Waals surface area contributed by atoms with E-state index in [9.17, 15) is 4.79 Å². The van der Waals surface area contributed by atoms with Crippen molar-refractivity contribution in [3.05, 3.63) is 106 Å². The highest BCUT2D eigenvalue weighted by Gasteiger charge is 2.28. The van der Waals surface area contributed by atoms with E-state index in [1.54, 1.807) is 18.3 Å². The molecule has 0 spiro atoms. The first-order valence-corrected chi connectivity index (χ1v) is 18.3. The van der Waals surface area contributed by atoms with Crippen LogP contribution in [-0.4, -0.2) is 73.7 Å². The Kier molecular flexibility index (Phi) is 13.7. The van der Waals surface area contributed by atoms with Gasteiger partial charge in [-0.25, -0.2) is 9.97 Å². The fourth-order valence-electron chi connectivity index (χ4n) is 6.34. The van der Waals surface area contributed by atoms with Crippen molar-refractivity contribution in [1.82, 2.24) is 35.0 Å². The molecule has 12 heteroatoms. The minimum Gasteiger partial charge on any atom is -0.471 e. The predicted octanol–water partition coefficient (Wildman–Crippen LogP) is 8.20. The monoisotopic (exact) mass is 724 g/mol. The van der Waals surface area contributed by atoms with Crippen LogP contribution in [0.25, 0.3) is 21.9 Å². The van der Waals surface area contributed by atoms with E-state index in [2.05, 4.69) is 60.5 Å². The fourth-order valence-corrected chi connectivity index (χ4v) is 6.45. The van der Waals surface area contributed by atoms with Crippen LogP contribution in [0.15, 0.2) is 66.9 Å². The summed E-state index contributed by atoms with van der Waals surface area (Å²) in [6.45, 7) is 9.19. The third kappa shape index (κ3) is 9.73. The molecule has 1 aliphatic carbocycles. The van der Waals surface area contributed by atoms with Gasteiger partial charge in [0.1, 0.15) is 18.7 Å². The number of imidazole rings is 1. The zero-order valence-electron chi connectivity index (χ0n) is 30.6. The number of benzene rings is 2. The van der Waals surface area contributed by atoms with Gasteiger partial charge in [0.15, 0.2) is 0 Å². The number of ether oxygens (including phenoxy) is 1. The molecule has 0 bridgehead atoms. The molecular weight excluding hydrogens is 676 g/mol. The van der Waals surface area contributed by atoms with E-state index in [4.69, 9.17) is 26.4 Å². The predicted molar refractivity (Wildman–Crippen MR) is 208 cm³/mol. The van der Waals surface area contributed by atoms with Gasteiger partial charge in [0.25, 0.3) is 0 Å². The average Bonchev–Trinajstić information content (AvgIpc) is 3.82. The summed E-state index contributed by atoms with van der Waals surface area (Å²) >= 11 is 5.88. The van der Waals surface area contributed by atoms with E-state index in [-0.39, 0.29) is 0 Å². The first-order valence-electron chi connectivity index (χ1n) is 17.9. The summed E-state index contributed by atoms with van der Waals surface area (Å²) in [5.74, 6) is 2.67. The van der Waals surface area contributed by atoms with Gasteiger partial charge in [0.2, 0.25) is 5.88 Å². The number of aryl methyl sites for hydroxylation is 1. The highest BCUT2D eigenvalue weighted by Crippen LogP contribution is 2.42. The Morgan fingerprint density at radius 1 is 1.00 bits per heavy atom. The highest BCUT2D eigenvalue weighted by molar-refractivity contribution is 6.30. The lowest BCUT2D eigenvalue weighted by atomic mass is 9.93. The van der Waals surface area contributed by atoms with Crippen molar-refractivity contribution in [3.8, 4) is 5.88 Å². The zero-order chi connectivity index (χ0) is 37.0. The third-order valence-corrected chi connectivity index (χ3v) is 9.35. The summed E-state index contributed by atoms with van der Waals surface area (Å²) < 4.78 is 5.85. The largest absolute Gasteiger partial charge is 0.471 e. The van der Waals surface area contributed by atoms with Crippen molar-refractivity contribution in [2.45, 2.75) is 71.4 Å². The van der Waals surface area contributed by atoms with E-state index < -0.39 is 0 Å². The Bertz CT molecular complexity index is 2030. The molecule has 6 aromatic rings. The lowest BCUT2D eigenvalue weighted by Gasteiger charge is -2.31. The van der Waals surface area contributed by atoms with Crippen LogP contribution in [-0.2, 0) is 13.2 Å². The number of likely N-dealkylation sites (tertiary alicyclic amines) is 1. The summed E-state index contributed by atoms with van der Waals surface area (Å²) in [6, 6.07) is 19.5. The number of fused-ring (bicyclic) bond motifs is 2. The van der Waals surface area contributed by atoms with Crippen LogP contribution in [0.3, 0.4) is 0 Å². The number of carbonyl (C=O) groups excluding carboxylic acids is 1. The quantitative estimate of drug-likeness (QED) is 0.108. The number of aliphatic hydroxyl groups excluding tert-OH is 1. The van der Waals surface area contributed by atoms with E-state index in [1.165, 1.54) is 35.2 Å². The first kappa shape index (κ1) is 38.4. The molecule has 1 saturated heterocycles. The van der Waals surface area contributed by atoms with E-state index in [0.717, 1.165) is 85.6 Å². The molecule has 0 amide bonds. The SMILES string of the molecule is CC.CNc1cc(C)c2n[nH]c(C3CC3)c2c1.CO.O=Cc1ccc2nc(CN3CCC(c4cccc(OCc5ccc(Cl)cn5)n4)CC3)[nH]c2c1. The standard InChI is InChI=1S/C25H24ClN5O2.C12H15N3.C2H6.CH4O/c26-19-5-6-20(27-13-19)16-33-25-3-1-2-21(30-25)18-8-10-31(11-9-18)14-24-28-22-7-4-17(15-32)12-23(22)29-24;1-7-5-9(13-2)6-10-11(7)14-15-12(10)8-3-4-8;2*1-2/h1-7,12-13,15,18H,8-11,14,16H2,(H,28,29);5-6,8,13H,3-4H2,1-2H3,(H,14,15);1-2H3;2H,1H3. The Hall–Kier alpha value is -4.84. The molecule has 0 radical (unpaired) electrons. The molecule has 52 heavy (non-hydrogen) atoms. The number of halogens is 1. The number of carbonyl (C=O) groups is 1. The van der Waals surface area contributed by atoms with Crippen molar-refractivity contribution in [3.63, 3.8) is 0 Å². The normalized spacial score (nSPS) is 14.4. The van der Waals surface area contributed by atoms with Crippen LogP contribution >= 0.6 is 11.6 Å². The number of hydrogen-bond acceptors (Lipinski definition) is 9. The van der Waals surface area contributed by atoms with Crippen LogP contribution in [0.1, 0.15) is 90.2 Å². The smallest absolute Gasteiger partial charge is 0.213 e. The number of anilines is 1. The maximum Gasteiger partial charge on any atom is 0.213 e. The summed E-state index contributed by atoms with van der Waals surface area (Å²) in [5, 5.41) is 19.7. The molecule has 1 aliphatic heterocycles. The van der Waals surface area contributed by atoms with Crippen LogP contribution in [0, 0.1) is 6.92 Å². The van der Waals surface area contributed by atoms with Crippen molar-refractivity contribution < 1.29 is 14.6 Å². The van der Waals surface area contributed by atoms with E-state index >= 15 is 0 Å². The van der Waals surface area contributed by atoms with Gasteiger partial charge in [-0.2, -0.15) is 5.10 Å². The molecular formula is C40H49ClN8O3. The Morgan fingerprint density at radius 2 is 1.79 bits per heavy atom. The minimum absolute atomic E-state index is 0.359. The molecule has 4 N–H and O–H groups in total. The first-order chi connectivity index (χ1) is 25.4. The van der Waals surface area contributed by atoms with Crippen molar-refractivity contribution in [2.75, 3.05) is 32.6 Å². The average molecular weight is 725 g/mol. The lowest BCUT2D eigenvalue weighted by Crippen LogP contribution is -2.33. The van der Waals surface area contributed by atoms with E-state index in [1.807, 2.05) is 51.2 Å².